The molecule has 2 aromatic rings. The van der Waals surface area contributed by atoms with Crippen LogP contribution in [0.2, 0.25) is 5.02 Å². The van der Waals surface area contributed by atoms with E-state index < -0.39 is 35.8 Å². The molecule has 230 valence electrons. The standard InChI is InChI=1S/C31H42ClFN4O5/c1-5-8-24-29(39)34-14-7-10-21-9-6-11-23(33)28(21)42-17-19(4)35-25(16-20-12-13-26(38)22(32)15-20)30(40)37-27(18(2)3)31(41)36-24/h6,9,11-13,15,18-19,24-25,27,35,38H,5,7-8,10,14,16-17H2,1-4H3,(H,34,39)(H,36,41)(H,37,40)/t19-,24-,25+,27+/m0/s1. The first-order chi connectivity index (χ1) is 20.0. The number of rotatable bonds is 5. The number of ether oxygens (including phenoxy) is 1. The van der Waals surface area contributed by atoms with E-state index in [9.17, 15) is 23.9 Å². The maximum Gasteiger partial charge on any atom is 0.243 e. The molecular formula is C31H42ClFN4O5. The zero-order valence-corrected chi connectivity index (χ0v) is 25.4. The summed E-state index contributed by atoms with van der Waals surface area (Å²) in [5.74, 6) is -1.89. The minimum atomic E-state index is -0.899. The zero-order chi connectivity index (χ0) is 30.8. The molecule has 0 saturated heterocycles. The summed E-state index contributed by atoms with van der Waals surface area (Å²) >= 11 is 6.12. The van der Waals surface area contributed by atoms with Crippen LogP contribution < -0.4 is 26.0 Å². The first-order valence-electron chi connectivity index (χ1n) is 14.5. The van der Waals surface area contributed by atoms with E-state index >= 15 is 0 Å². The molecule has 0 spiro atoms. The van der Waals surface area contributed by atoms with Crippen LogP contribution in [0.5, 0.6) is 11.5 Å². The van der Waals surface area contributed by atoms with Crippen LogP contribution in [0.4, 0.5) is 4.39 Å². The molecule has 1 aliphatic heterocycles. The first-order valence-corrected chi connectivity index (χ1v) is 14.9. The fourth-order valence-corrected chi connectivity index (χ4v) is 5.08. The highest BCUT2D eigenvalue weighted by molar-refractivity contribution is 6.32. The number of carbonyl (C=O) groups is 3. The van der Waals surface area contributed by atoms with Crippen LogP contribution in [0.25, 0.3) is 0 Å². The third kappa shape index (κ3) is 9.32. The SMILES string of the molecule is CCC[C@@H]1NC(=O)[C@@H](C(C)C)NC(=O)[C@@H](Cc2ccc(O)c(Cl)c2)N[C@@H](C)COc2c(F)cccc2CCCNC1=O. The van der Waals surface area contributed by atoms with E-state index in [1.807, 2.05) is 27.7 Å². The van der Waals surface area contributed by atoms with Gasteiger partial charge in [0, 0.05) is 12.6 Å². The van der Waals surface area contributed by atoms with Crippen molar-refractivity contribution >= 4 is 29.3 Å². The first kappa shape index (κ1) is 33.1. The molecule has 9 nitrogen and oxygen atoms in total. The van der Waals surface area contributed by atoms with E-state index in [1.54, 1.807) is 24.3 Å². The molecule has 0 aromatic heterocycles. The molecule has 1 aliphatic rings. The monoisotopic (exact) mass is 604 g/mol. The smallest absolute Gasteiger partial charge is 0.243 e. The lowest BCUT2D eigenvalue weighted by Crippen LogP contribution is -2.59. The van der Waals surface area contributed by atoms with Crippen LogP contribution in [0, 0.1) is 11.7 Å². The third-order valence-corrected chi connectivity index (χ3v) is 7.46. The van der Waals surface area contributed by atoms with E-state index in [-0.39, 0.29) is 47.4 Å². The van der Waals surface area contributed by atoms with Gasteiger partial charge in [0.1, 0.15) is 24.4 Å². The van der Waals surface area contributed by atoms with E-state index in [4.69, 9.17) is 16.3 Å². The Morgan fingerprint density at radius 2 is 1.83 bits per heavy atom. The molecular weight excluding hydrogens is 563 g/mol. The summed E-state index contributed by atoms with van der Waals surface area (Å²) in [6.07, 6.45) is 2.31. The second-order valence-electron chi connectivity index (χ2n) is 11.1. The number of aryl methyl sites for hydroxylation is 1. The number of nitrogens with one attached hydrogen (secondary N) is 4. The molecule has 0 unspecified atom stereocenters. The van der Waals surface area contributed by atoms with Gasteiger partial charge >= 0.3 is 0 Å². The maximum atomic E-state index is 14.8. The van der Waals surface area contributed by atoms with E-state index in [0.717, 1.165) is 0 Å². The Hall–Kier alpha value is -3.37. The van der Waals surface area contributed by atoms with Gasteiger partial charge in [0.2, 0.25) is 17.7 Å². The summed E-state index contributed by atoms with van der Waals surface area (Å²) in [5.41, 5.74) is 1.35. The number of hydrogen-bond acceptors (Lipinski definition) is 6. The molecule has 0 bridgehead atoms. The molecule has 4 atom stereocenters. The number of para-hydroxylation sites is 1. The average Bonchev–Trinajstić information content (AvgIpc) is 2.93. The van der Waals surface area contributed by atoms with E-state index in [1.165, 1.54) is 12.1 Å². The van der Waals surface area contributed by atoms with Crippen molar-refractivity contribution < 1.29 is 28.6 Å². The topological polar surface area (TPSA) is 129 Å². The summed E-state index contributed by atoms with van der Waals surface area (Å²) in [7, 11) is 0. The molecule has 0 fully saturated rings. The molecule has 0 aliphatic carbocycles. The molecule has 0 saturated carbocycles. The number of halogens is 2. The van der Waals surface area contributed by atoms with Crippen molar-refractivity contribution in [3.8, 4) is 11.5 Å². The molecule has 0 radical (unpaired) electrons. The minimum Gasteiger partial charge on any atom is -0.506 e. The number of phenolic OH excluding ortho intramolecular Hbond substituents is 1. The van der Waals surface area contributed by atoms with Crippen LogP contribution in [-0.4, -0.2) is 60.1 Å². The predicted molar refractivity (Wildman–Crippen MR) is 160 cm³/mol. The molecule has 2 aromatic carbocycles. The maximum absolute atomic E-state index is 14.8. The van der Waals surface area contributed by atoms with Crippen molar-refractivity contribution in [1.29, 1.82) is 0 Å². The van der Waals surface area contributed by atoms with Gasteiger partial charge in [0.15, 0.2) is 11.6 Å². The molecule has 5 N–H and O–H groups in total. The fraction of sp³-hybridized carbons (Fsp3) is 0.516. The Balaban J connectivity index is 1.94. The Morgan fingerprint density at radius 3 is 2.52 bits per heavy atom. The minimum absolute atomic E-state index is 0.0670. The van der Waals surface area contributed by atoms with Gasteiger partial charge in [-0.05, 0) is 67.9 Å². The van der Waals surface area contributed by atoms with Crippen molar-refractivity contribution in [2.45, 2.75) is 84.0 Å². The average molecular weight is 605 g/mol. The van der Waals surface area contributed by atoms with Gasteiger partial charge in [0.05, 0.1) is 11.1 Å². The highest BCUT2D eigenvalue weighted by Crippen LogP contribution is 2.26. The van der Waals surface area contributed by atoms with Gasteiger partial charge in [0.25, 0.3) is 0 Å². The predicted octanol–water partition coefficient (Wildman–Crippen LogP) is 3.64. The van der Waals surface area contributed by atoms with Gasteiger partial charge in [-0.15, -0.1) is 0 Å². The van der Waals surface area contributed by atoms with Gasteiger partial charge in [-0.25, -0.2) is 4.39 Å². The summed E-state index contributed by atoms with van der Waals surface area (Å²) in [5, 5.41) is 21.8. The van der Waals surface area contributed by atoms with Gasteiger partial charge in [-0.2, -0.15) is 0 Å². The number of phenols is 1. The number of hydrogen-bond donors (Lipinski definition) is 5. The van der Waals surface area contributed by atoms with Crippen molar-refractivity contribution in [1.82, 2.24) is 21.3 Å². The largest absolute Gasteiger partial charge is 0.506 e. The Kier molecular flexibility index (Phi) is 12.4. The molecule has 3 rings (SSSR count). The summed E-state index contributed by atoms with van der Waals surface area (Å²) in [6.45, 7) is 7.78. The van der Waals surface area contributed by atoms with E-state index in [0.29, 0.717) is 43.4 Å². The van der Waals surface area contributed by atoms with E-state index in [2.05, 4.69) is 21.3 Å². The molecule has 11 heteroatoms. The van der Waals surface area contributed by atoms with Crippen LogP contribution >= 0.6 is 11.6 Å². The molecule has 1 heterocycles. The Morgan fingerprint density at radius 1 is 1.07 bits per heavy atom. The number of carbonyl (C=O) groups excluding carboxylic acids is 3. The van der Waals surface area contributed by atoms with Crippen molar-refractivity contribution in [3.05, 3.63) is 58.4 Å². The van der Waals surface area contributed by atoms with Gasteiger partial charge < -0.3 is 25.8 Å². The van der Waals surface area contributed by atoms with Gasteiger partial charge in [-0.3, -0.25) is 19.7 Å². The number of fused-ring (bicyclic) bond motifs is 1. The van der Waals surface area contributed by atoms with Crippen LogP contribution in [0.3, 0.4) is 0 Å². The summed E-state index contributed by atoms with van der Waals surface area (Å²) < 4.78 is 20.7. The lowest BCUT2D eigenvalue weighted by molar-refractivity contribution is -0.133. The zero-order valence-electron chi connectivity index (χ0n) is 24.6. The van der Waals surface area contributed by atoms with Crippen LogP contribution in [0.15, 0.2) is 36.4 Å². The lowest BCUT2D eigenvalue weighted by atomic mass is 9.99. The second-order valence-corrected chi connectivity index (χ2v) is 11.5. The Labute approximate surface area is 251 Å². The number of amides is 3. The van der Waals surface area contributed by atoms with Crippen LogP contribution in [-0.2, 0) is 27.2 Å². The second kappa shape index (κ2) is 15.7. The van der Waals surface area contributed by atoms with Gasteiger partial charge in [-0.1, -0.05) is 57.0 Å². The quantitative estimate of drug-likeness (QED) is 0.354. The third-order valence-electron chi connectivity index (χ3n) is 7.16. The summed E-state index contributed by atoms with van der Waals surface area (Å²) in [6, 6.07) is 6.54. The number of aromatic hydroxyl groups is 1. The number of benzene rings is 2. The van der Waals surface area contributed by atoms with Crippen molar-refractivity contribution in [2.75, 3.05) is 13.2 Å². The fourth-order valence-electron chi connectivity index (χ4n) is 4.87. The van der Waals surface area contributed by atoms with Crippen LogP contribution in [0.1, 0.15) is 58.1 Å². The summed E-state index contributed by atoms with van der Waals surface area (Å²) in [4.78, 5) is 40.0. The highest BCUT2D eigenvalue weighted by Gasteiger charge is 2.31. The normalized spacial score (nSPS) is 23.1. The Bertz CT molecular complexity index is 1240. The van der Waals surface area contributed by atoms with Crippen molar-refractivity contribution in [3.63, 3.8) is 0 Å². The van der Waals surface area contributed by atoms with Crippen molar-refractivity contribution in [2.24, 2.45) is 5.92 Å². The highest BCUT2D eigenvalue weighted by atomic mass is 35.5. The molecule has 42 heavy (non-hydrogen) atoms. The molecule has 3 amide bonds. The lowest BCUT2D eigenvalue weighted by Gasteiger charge is -2.29.